The Morgan fingerprint density at radius 1 is 0.844 bits per heavy atom. The molecule has 0 saturated heterocycles. The van der Waals surface area contributed by atoms with Gasteiger partial charge >= 0.3 is 0 Å². The Bertz CT molecular complexity index is 1800. The zero-order chi connectivity index (χ0) is 31.9. The molecule has 5 rings (SSSR count). The number of ether oxygens (including phenoxy) is 3. The number of nitrogens with zero attached hydrogens (tertiary/aromatic N) is 4. The molecule has 5 aromatic rings. The molecule has 0 bridgehead atoms. The predicted molar refractivity (Wildman–Crippen MR) is 169 cm³/mol. The first-order valence-corrected chi connectivity index (χ1v) is 14.2. The fourth-order valence-corrected chi connectivity index (χ4v) is 5.09. The molecular weight excluding hydrogens is 574 g/mol. The molecule has 11 nitrogen and oxygen atoms in total. The molecule has 4 aromatic carbocycles. The van der Waals surface area contributed by atoms with Gasteiger partial charge in [-0.15, -0.1) is 5.10 Å². The SMILES string of the molecule is COc1cc([C@@H](C(=O)NCc2ccccc2)N(C(=O)Cn2nnc3ccccc32)c2ccc(C(C)=O)cc2)cc(OC)c1OC. The van der Waals surface area contributed by atoms with E-state index in [1.807, 2.05) is 48.5 Å². The van der Waals surface area contributed by atoms with Crippen molar-refractivity contribution < 1.29 is 28.6 Å². The maximum Gasteiger partial charge on any atom is 0.249 e. The minimum Gasteiger partial charge on any atom is -0.493 e. The Balaban J connectivity index is 1.65. The van der Waals surface area contributed by atoms with Crippen molar-refractivity contribution in [1.29, 1.82) is 0 Å². The average Bonchev–Trinajstić information content (AvgIpc) is 3.48. The van der Waals surface area contributed by atoms with E-state index < -0.39 is 17.9 Å². The highest BCUT2D eigenvalue weighted by Crippen LogP contribution is 2.41. The molecule has 230 valence electrons. The quantitative estimate of drug-likeness (QED) is 0.202. The van der Waals surface area contributed by atoms with Gasteiger partial charge in [0.1, 0.15) is 18.1 Å². The number of carbonyl (C=O) groups excluding carboxylic acids is 3. The van der Waals surface area contributed by atoms with Crippen LogP contribution < -0.4 is 24.4 Å². The molecule has 0 aliphatic rings. The Morgan fingerprint density at radius 2 is 1.49 bits per heavy atom. The monoisotopic (exact) mass is 607 g/mol. The highest BCUT2D eigenvalue weighted by atomic mass is 16.5. The highest BCUT2D eigenvalue weighted by molar-refractivity contribution is 6.02. The second kappa shape index (κ2) is 13.7. The Morgan fingerprint density at radius 3 is 2.11 bits per heavy atom. The van der Waals surface area contributed by atoms with Gasteiger partial charge in [0.2, 0.25) is 17.6 Å². The van der Waals surface area contributed by atoms with Gasteiger partial charge in [0.05, 0.1) is 26.8 Å². The van der Waals surface area contributed by atoms with Crippen molar-refractivity contribution in [1.82, 2.24) is 20.3 Å². The molecular formula is C34H33N5O6. The van der Waals surface area contributed by atoms with Crippen LogP contribution in [-0.4, -0.2) is 53.9 Å². The van der Waals surface area contributed by atoms with Gasteiger partial charge in [-0.05, 0) is 66.6 Å². The molecule has 1 heterocycles. The summed E-state index contributed by atoms with van der Waals surface area (Å²) in [4.78, 5) is 42.1. The third-order valence-corrected chi connectivity index (χ3v) is 7.34. The number of fused-ring (bicyclic) bond motifs is 1. The van der Waals surface area contributed by atoms with Crippen LogP contribution in [0.1, 0.15) is 34.5 Å². The van der Waals surface area contributed by atoms with Crippen LogP contribution >= 0.6 is 0 Å². The van der Waals surface area contributed by atoms with E-state index in [1.165, 1.54) is 37.8 Å². The summed E-state index contributed by atoms with van der Waals surface area (Å²) in [7, 11) is 4.44. The lowest BCUT2D eigenvalue weighted by atomic mass is 10.0. The standard InChI is InChI=1S/C34H33N5O6/c1-22(40)24-14-16-26(17-15-24)39(31(41)21-38-28-13-9-8-12-27(28)36-37-38)32(34(42)35-20-23-10-6-5-7-11-23)25-18-29(43-2)33(45-4)30(19-25)44-3/h5-19,32H,20-21H2,1-4H3,(H,35,42)/t32-/m0/s1. The molecule has 0 aliphatic heterocycles. The lowest BCUT2D eigenvalue weighted by molar-refractivity contribution is -0.127. The molecule has 0 spiro atoms. The number of nitrogens with one attached hydrogen (secondary N) is 1. The third-order valence-electron chi connectivity index (χ3n) is 7.34. The van der Waals surface area contributed by atoms with Crippen LogP contribution in [0, 0.1) is 0 Å². The van der Waals surface area contributed by atoms with Crippen molar-refractivity contribution in [2.45, 2.75) is 26.1 Å². The summed E-state index contributed by atoms with van der Waals surface area (Å²) in [6.07, 6.45) is 0. The van der Waals surface area contributed by atoms with Gasteiger partial charge < -0.3 is 19.5 Å². The number of methoxy groups -OCH3 is 3. The molecule has 1 atom stereocenters. The first-order valence-electron chi connectivity index (χ1n) is 14.2. The van der Waals surface area contributed by atoms with Gasteiger partial charge in [-0.25, -0.2) is 4.68 Å². The minimum absolute atomic E-state index is 0.129. The van der Waals surface area contributed by atoms with Gasteiger partial charge in [0.15, 0.2) is 17.3 Å². The van der Waals surface area contributed by atoms with Crippen LogP contribution in [0.15, 0.2) is 91.0 Å². The minimum atomic E-state index is -1.20. The number of amides is 2. The van der Waals surface area contributed by atoms with Gasteiger partial charge in [-0.2, -0.15) is 0 Å². The number of carbonyl (C=O) groups is 3. The van der Waals surface area contributed by atoms with E-state index in [-0.39, 0.29) is 18.9 Å². The molecule has 0 fully saturated rings. The summed E-state index contributed by atoms with van der Waals surface area (Å²) >= 11 is 0. The second-order valence-electron chi connectivity index (χ2n) is 10.2. The van der Waals surface area contributed by atoms with Crippen LogP contribution in [0.4, 0.5) is 5.69 Å². The molecule has 0 aliphatic carbocycles. The van der Waals surface area contributed by atoms with E-state index in [0.717, 1.165) is 5.56 Å². The predicted octanol–water partition coefficient (Wildman–Crippen LogP) is 4.75. The summed E-state index contributed by atoms with van der Waals surface area (Å²) in [5, 5.41) is 11.4. The summed E-state index contributed by atoms with van der Waals surface area (Å²) in [6, 6.07) is 25.4. The summed E-state index contributed by atoms with van der Waals surface area (Å²) in [5.74, 6) is -0.0701. The summed E-state index contributed by atoms with van der Waals surface area (Å²) in [5.41, 5.74) is 3.43. The number of hydrogen-bond acceptors (Lipinski definition) is 8. The van der Waals surface area contributed by atoms with Crippen LogP contribution in [0.25, 0.3) is 11.0 Å². The fourth-order valence-electron chi connectivity index (χ4n) is 5.09. The van der Waals surface area contributed by atoms with Crippen molar-refractivity contribution in [3.05, 3.63) is 108 Å². The normalized spacial score (nSPS) is 11.5. The summed E-state index contributed by atoms with van der Waals surface area (Å²) < 4.78 is 18.2. The maximum atomic E-state index is 14.4. The van der Waals surface area contributed by atoms with Crippen molar-refractivity contribution in [3.8, 4) is 17.2 Å². The maximum absolute atomic E-state index is 14.4. The Labute approximate surface area is 260 Å². The summed E-state index contributed by atoms with van der Waals surface area (Å²) in [6.45, 7) is 1.46. The second-order valence-corrected chi connectivity index (χ2v) is 10.2. The lowest BCUT2D eigenvalue weighted by Gasteiger charge is -2.32. The molecule has 1 aromatic heterocycles. The number of aromatic nitrogens is 3. The van der Waals surface area contributed by atoms with Gasteiger partial charge in [-0.3, -0.25) is 19.3 Å². The van der Waals surface area contributed by atoms with Crippen LogP contribution in [0.5, 0.6) is 17.2 Å². The molecule has 1 N–H and O–H groups in total. The molecule has 11 heteroatoms. The first-order chi connectivity index (χ1) is 21.8. The largest absolute Gasteiger partial charge is 0.493 e. The van der Waals surface area contributed by atoms with E-state index in [1.54, 1.807) is 42.5 Å². The number of ketones is 1. The van der Waals surface area contributed by atoms with E-state index in [9.17, 15) is 14.4 Å². The van der Waals surface area contributed by atoms with Crippen LogP contribution in [-0.2, 0) is 22.7 Å². The van der Waals surface area contributed by atoms with Gasteiger partial charge in [0.25, 0.3) is 0 Å². The van der Waals surface area contributed by atoms with E-state index in [4.69, 9.17) is 14.2 Å². The van der Waals surface area contributed by atoms with E-state index in [0.29, 0.717) is 45.1 Å². The van der Waals surface area contributed by atoms with Crippen LogP contribution in [0.3, 0.4) is 0 Å². The number of rotatable bonds is 12. The average molecular weight is 608 g/mol. The molecule has 2 amide bonds. The van der Waals surface area contributed by atoms with E-state index in [2.05, 4.69) is 15.6 Å². The molecule has 45 heavy (non-hydrogen) atoms. The van der Waals surface area contributed by atoms with Crippen molar-refractivity contribution >= 4 is 34.3 Å². The van der Waals surface area contributed by atoms with E-state index >= 15 is 0 Å². The third kappa shape index (κ3) is 6.62. The smallest absolute Gasteiger partial charge is 0.249 e. The Kier molecular flexibility index (Phi) is 9.37. The molecule has 0 unspecified atom stereocenters. The number of Topliss-reactive ketones (excluding diaryl/α,β-unsaturated/α-hetero) is 1. The van der Waals surface area contributed by atoms with Gasteiger partial charge in [-0.1, -0.05) is 47.7 Å². The topological polar surface area (TPSA) is 125 Å². The molecule has 0 saturated carbocycles. The van der Waals surface area contributed by atoms with Crippen molar-refractivity contribution in [2.24, 2.45) is 0 Å². The zero-order valence-electron chi connectivity index (χ0n) is 25.4. The van der Waals surface area contributed by atoms with Crippen molar-refractivity contribution in [2.75, 3.05) is 26.2 Å². The number of benzene rings is 4. The number of anilines is 1. The zero-order valence-corrected chi connectivity index (χ0v) is 25.4. The number of para-hydroxylation sites is 1. The van der Waals surface area contributed by atoms with Crippen LogP contribution in [0.2, 0.25) is 0 Å². The fraction of sp³-hybridized carbons (Fsp3) is 0.206. The van der Waals surface area contributed by atoms with Gasteiger partial charge in [0, 0.05) is 17.8 Å². The van der Waals surface area contributed by atoms with Crippen molar-refractivity contribution in [3.63, 3.8) is 0 Å². The first kappa shape index (κ1) is 30.7. The molecule has 0 radical (unpaired) electrons. The lowest BCUT2D eigenvalue weighted by Crippen LogP contribution is -2.45. The highest BCUT2D eigenvalue weighted by Gasteiger charge is 2.35. The number of hydrogen-bond donors (Lipinski definition) is 1. The Hall–Kier alpha value is -5.71.